The number of hydrogen-bond acceptors (Lipinski definition) is 3. The fourth-order valence-electron chi connectivity index (χ4n) is 4.28. The summed E-state index contributed by atoms with van der Waals surface area (Å²) in [4.78, 5) is 9.78. The third-order valence-corrected chi connectivity index (χ3v) is 5.90. The van der Waals surface area contributed by atoms with E-state index in [0.717, 1.165) is 32.7 Å². The summed E-state index contributed by atoms with van der Waals surface area (Å²) in [6.45, 7) is 10.7. The molecule has 2 aliphatic heterocycles. The maximum atomic E-state index is 6.19. The van der Waals surface area contributed by atoms with Gasteiger partial charge in [0.2, 0.25) is 0 Å². The Morgan fingerprint density at radius 3 is 2.62 bits per heavy atom. The number of likely N-dealkylation sites (N-methyl/N-ethyl adjacent to an activating group) is 1. The summed E-state index contributed by atoms with van der Waals surface area (Å²) in [6, 6.07) is 9.81. The molecular weight excluding hydrogens is 322 g/mol. The lowest BCUT2D eigenvalue weighted by Gasteiger charge is -2.27. The topological polar surface area (TPSA) is 56.9 Å². The predicted molar refractivity (Wildman–Crippen MR) is 109 cm³/mol. The van der Waals surface area contributed by atoms with E-state index >= 15 is 0 Å². The van der Waals surface area contributed by atoms with Gasteiger partial charge in [0, 0.05) is 12.6 Å². The Balaban J connectivity index is 1.59. The number of rotatable bonds is 7. The highest BCUT2D eigenvalue weighted by molar-refractivity contribution is 5.77. The minimum Gasteiger partial charge on any atom is -0.370 e. The van der Waals surface area contributed by atoms with Crippen LogP contribution in [0.1, 0.15) is 49.8 Å². The van der Waals surface area contributed by atoms with Gasteiger partial charge in [-0.05, 0) is 64.3 Å². The third-order valence-electron chi connectivity index (χ3n) is 5.90. The first-order valence-corrected chi connectivity index (χ1v) is 10.3. The van der Waals surface area contributed by atoms with Crippen LogP contribution in [0.25, 0.3) is 0 Å². The maximum Gasteiger partial charge on any atom is 0.188 e. The maximum absolute atomic E-state index is 6.19. The second-order valence-corrected chi connectivity index (χ2v) is 7.70. The van der Waals surface area contributed by atoms with Gasteiger partial charge in [0.25, 0.3) is 0 Å². The third kappa shape index (κ3) is 4.98. The zero-order valence-corrected chi connectivity index (χ0v) is 16.5. The molecule has 3 rings (SSSR count). The van der Waals surface area contributed by atoms with Crippen LogP contribution in [0.5, 0.6) is 0 Å². The molecule has 0 bridgehead atoms. The first-order chi connectivity index (χ1) is 12.7. The first-order valence-electron chi connectivity index (χ1n) is 10.3. The van der Waals surface area contributed by atoms with Gasteiger partial charge in [-0.25, -0.2) is 0 Å². The molecule has 0 radical (unpaired) electrons. The Labute approximate surface area is 158 Å². The lowest BCUT2D eigenvalue weighted by Crippen LogP contribution is -2.43. The highest BCUT2D eigenvalue weighted by Gasteiger charge is 2.24. The number of likely N-dealkylation sites (tertiary alicyclic amines) is 2. The molecule has 2 atom stereocenters. The highest BCUT2D eigenvalue weighted by atomic mass is 15.2. The quantitative estimate of drug-likeness (QED) is 0.582. The average Bonchev–Trinajstić information content (AvgIpc) is 3.33. The van der Waals surface area contributed by atoms with Gasteiger partial charge in [-0.1, -0.05) is 36.8 Å². The van der Waals surface area contributed by atoms with Crippen LogP contribution < -0.4 is 11.1 Å². The van der Waals surface area contributed by atoms with Crippen LogP contribution in [0.15, 0.2) is 29.3 Å². The summed E-state index contributed by atoms with van der Waals surface area (Å²) in [7, 11) is 0. The molecule has 144 valence electrons. The predicted octanol–water partition coefficient (Wildman–Crippen LogP) is 2.52. The number of aryl methyl sites for hydroxylation is 1. The standard InChI is InChI=1S/C21H35N5/c1-3-25-14-6-7-19(25)15-23-21(22)24-16-20(26-12-4-5-13-26)18-10-8-17(2)9-11-18/h8-11,19-20H,3-7,12-16H2,1-2H3,(H3,22,23,24). The van der Waals surface area contributed by atoms with E-state index in [9.17, 15) is 0 Å². The zero-order valence-electron chi connectivity index (χ0n) is 16.5. The van der Waals surface area contributed by atoms with Crippen LogP contribution >= 0.6 is 0 Å². The van der Waals surface area contributed by atoms with Crippen molar-refractivity contribution in [3.05, 3.63) is 35.4 Å². The molecule has 0 saturated carbocycles. The van der Waals surface area contributed by atoms with Crippen molar-refractivity contribution in [1.29, 1.82) is 0 Å². The molecule has 5 heteroatoms. The lowest BCUT2D eigenvalue weighted by atomic mass is 10.0. The van der Waals surface area contributed by atoms with Crippen LogP contribution in [0.4, 0.5) is 0 Å². The Hall–Kier alpha value is -1.59. The number of nitrogens with two attached hydrogens (primary N) is 1. The van der Waals surface area contributed by atoms with E-state index in [1.807, 2.05) is 0 Å². The zero-order chi connectivity index (χ0) is 18.4. The second-order valence-electron chi connectivity index (χ2n) is 7.70. The molecule has 1 aromatic carbocycles. The Morgan fingerprint density at radius 1 is 1.19 bits per heavy atom. The lowest BCUT2D eigenvalue weighted by molar-refractivity contribution is 0.251. The van der Waals surface area contributed by atoms with Crippen LogP contribution in [-0.2, 0) is 0 Å². The van der Waals surface area contributed by atoms with Crippen molar-refractivity contribution in [1.82, 2.24) is 15.1 Å². The first kappa shape index (κ1) is 19.2. The molecule has 26 heavy (non-hydrogen) atoms. The fourth-order valence-corrected chi connectivity index (χ4v) is 4.28. The van der Waals surface area contributed by atoms with Gasteiger partial charge in [0.15, 0.2) is 5.96 Å². The van der Waals surface area contributed by atoms with Gasteiger partial charge in [-0.2, -0.15) is 0 Å². The fraction of sp³-hybridized carbons (Fsp3) is 0.667. The highest BCUT2D eigenvalue weighted by Crippen LogP contribution is 2.25. The number of aliphatic imine (C=N–C) groups is 1. The van der Waals surface area contributed by atoms with Gasteiger partial charge in [-0.3, -0.25) is 14.8 Å². The van der Waals surface area contributed by atoms with Crippen molar-refractivity contribution >= 4 is 5.96 Å². The molecule has 0 spiro atoms. The molecule has 2 fully saturated rings. The number of nitrogens with one attached hydrogen (secondary N) is 1. The van der Waals surface area contributed by atoms with E-state index in [2.05, 4.69) is 53.2 Å². The monoisotopic (exact) mass is 357 g/mol. The van der Waals surface area contributed by atoms with Gasteiger partial charge < -0.3 is 11.1 Å². The largest absolute Gasteiger partial charge is 0.370 e. The molecule has 2 saturated heterocycles. The van der Waals surface area contributed by atoms with Crippen LogP contribution in [-0.4, -0.2) is 61.1 Å². The number of hydrogen-bond donors (Lipinski definition) is 2. The van der Waals surface area contributed by atoms with Crippen LogP contribution in [0.2, 0.25) is 0 Å². The van der Waals surface area contributed by atoms with Crippen molar-refractivity contribution < 1.29 is 0 Å². The SMILES string of the molecule is CCN1CCCC1CNC(N)=NCC(c1ccc(C)cc1)N1CCCC1. The van der Waals surface area contributed by atoms with Crippen molar-refractivity contribution in [3.63, 3.8) is 0 Å². The molecule has 2 heterocycles. The molecule has 1 aromatic rings. The average molecular weight is 358 g/mol. The Bertz CT molecular complexity index is 577. The molecule has 2 unspecified atom stereocenters. The summed E-state index contributed by atoms with van der Waals surface area (Å²) in [5.41, 5.74) is 8.84. The smallest absolute Gasteiger partial charge is 0.188 e. The van der Waals surface area contributed by atoms with Crippen molar-refractivity contribution in [2.45, 2.75) is 51.6 Å². The van der Waals surface area contributed by atoms with Gasteiger partial charge in [0.05, 0.1) is 12.6 Å². The minimum atomic E-state index is 0.331. The molecule has 0 amide bonds. The molecule has 0 aromatic heterocycles. The Morgan fingerprint density at radius 2 is 1.92 bits per heavy atom. The van der Waals surface area contributed by atoms with Crippen molar-refractivity contribution in [2.24, 2.45) is 10.7 Å². The van der Waals surface area contributed by atoms with Crippen molar-refractivity contribution in [3.8, 4) is 0 Å². The summed E-state index contributed by atoms with van der Waals surface area (Å²) in [5.74, 6) is 0.587. The van der Waals surface area contributed by atoms with Crippen molar-refractivity contribution in [2.75, 3.05) is 39.3 Å². The van der Waals surface area contributed by atoms with Crippen LogP contribution in [0.3, 0.4) is 0 Å². The van der Waals surface area contributed by atoms with E-state index in [-0.39, 0.29) is 0 Å². The number of benzene rings is 1. The van der Waals surface area contributed by atoms with E-state index in [0.29, 0.717) is 18.0 Å². The van der Waals surface area contributed by atoms with E-state index < -0.39 is 0 Å². The molecular formula is C21H35N5. The second kappa shape index (κ2) is 9.38. The molecule has 2 aliphatic rings. The van der Waals surface area contributed by atoms with E-state index in [4.69, 9.17) is 10.7 Å². The summed E-state index contributed by atoms with van der Waals surface area (Å²) < 4.78 is 0. The molecule has 3 N–H and O–H groups in total. The normalized spacial score (nSPS) is 23.5. The van der Waals surface area contributed by atoms with Gasteiger partial charge in [0.1, 0.15) is 0 Å². The van der Waals surface area contributed by atoms with Gasteiger partial charge >= 0.3 is 0 Å². The van der Waals surface area contributed by atoms with Crippen LogP contribution in [0, 0.1) is 6.92 Å². The van der Waals surface area contributed by atoms with Gasteiger partial charge in [-0.15, -0.1) is 0 Å². The summed E-state index contributed by atoms with van der Waals surface area (Å²) in [5, 5.41) is 3.36. The number of nitrogens with zero attached hydrogens (tertiary/aromatic N) is 3. The summed E-state index contributed by atoms with van der Waals surface area (Å²) >= 11 is 0. The van der Waals surface area contributed by atoms with E-state index in [1.165, 1.54) is 43.4 Å². The van der Waals surface area contributed by atoms with E-state index in [1.54, 1.807) is 0 Å². The summed E-state index contributed by atoms with van der Waals surface area (Å²) in [6.07, 6.45) is 5.12. The molecule has 0 aliphatic carbocycles. The number of guanidine groups is 1. The minimum absolute atomic E-state index is 0.331. The Kier molecular flexibility index (Phi) is 6.92. The molecule has 5 nitrogen and oxygen atoms in total.